The number of rotatable bonds is 0. The van der Waals surface area contributed by atoms with E-state index in [2.05, 4.69) is 44.0 Å². The third-order valence-electron chi connectivity index (χ3n) is 2.27. The predicted molar refractivity (Wildman–Crippen MR) is 72.5 cm³/mol. The average molecular weight is 358 g/mol. The predicted octanol–water partition coefficient (Wildman–Crippen LogP) is 5.47. The number of benzene rings is 2. The summed E-state index contributed by atoms with van der Waals surface area (Å²) < 4.78 is 7.91. The van der Waals surface area contributed by atoms with Gasteiger partial charge < -0.3 is 4.74 Å². The molecule has 0 saturated heterocycles. The number of para-hydroxylation sites is 1. The van der Waals surface area contributed by atoms with Crippen molar-refractivity contribution in [3.05, 3.63) is 45.3 Å². The van der Waals surface area contributed by atoms with Gasteiger partial charge in [0.1, 0.15) is 5.75 Å². The second-order valence-corrected chi connectivity index (χ2v) is 6.22. The number of fused-ring (bicyclic) bond motifs is 2. The van der Waals surface area contributed by atoms with Crippen LogP contribution in [0, 0.1) is 0 Å². The molecule has 0 atom stereocenters. The Morgan fingerprint density at radius 3 is 2.75 bits per heavy atom. The molecule has 2 aromatic carbocycles. The van der Waals surface area contributed by atoms with Crippen molar-refractivity contribution >= 4 is 43.6 Å². The van der Waals surface area contributed by atoms with Gasteiger partial charge >= 0.3 is 0 Å². The Kier molecular flexibility index (Phi) is 2.73. The van der Waals surface area contributed by atoms with Crippen molar-refractivity contribution < 1.29 is 4.74 Å². The summed E-state index contributed by atoms with van der Waals surface area (Å²) in [4.78, 5) is 2.29. The van der Waals surface area contributed by atoms with Gasteiger partial charge in [-0.2, -0.15) is 0 Å². The highest BCUT2D eigenvalue weighted by atomic mass is 79.9. The zero-order valence-corrected chi connectivity index (χ0v) is 12.0. The minimum atomic E-state index is 0.901. The quantitative estimate of drug-likeness (QED) is 0.527. The van der Waals surface area contributed by atoms with Crippen LogP contribution in [0.1, 0.15) is 0 Å². The van der Waals surface area contributed by atoms with Crippen LogP contribution in [0.25, 0.3) is 0 Å². The van der Waals surface area contributed by atoms with Gasteiger partial charge in [0.15, 0.2) is 5.75 Å². The number of hydrogen-bond acceptors (Lipinski definition) is 2. The number of ether oxygens (including phenoxy) is 1. The molecule has 80 valence electrons. The van der Waals surface area contributed by atoms with E-state index in [4.69, 9.17) is 4.74 Å². The Bertz CT molecular complexity index is 569. The summed E-state index contributed by atoms with van der Waals surface area (Å²) in [7, 11) is 0. The lowest BCUT2D eigenvalue weighted by Gasteiger charge is -2.20. The highest BCUT2D eigenvalue weighted by Crippen LogP contribution is 2.50. The Labute approximate surface area is 114 Å². The molecule has 16 heavy (non-hydrogen) atoms. The second-order valence-electron chi connectivity index (χ2n) is 3.36. The topological polar surface area (TPSA) is 9.23 Å². The molecule has 0 unspecified atom stereocenters. The summed E-state index contributed by atoms with van der Waals surface area (Å²) >= 11 is 8.68. The number of halogens is 2. The maximum Gasteiger partial charge on any atom is 0.155 e. The Hall–Kier alpha value is -0.450. The second kappa shape index (κ2) is 4.09. The standard InChI is InChI=1S/C12H6Br2OS/c13-7-4-5-10-9(6-7)15-12-8(14)2-1-3-11(12)16-10/h1-6H. The molecule has 0 aromatic heterocycles. The van der Waals surface area contributed by atoms with Crippen molar-refractivity contribution in [2.24, 2.45) is 0 Å². The SMILES string of the molecule is Brc1ccc2c(c1)Oc1c(Br)cccc1S2. The average Bonchev–Trinajstić information content (AvgIpc) is 2.28. The molecule has 0 spiro atoms. The van der Waals surface area contributed by atoms with Gasteiger partial charge in [-0.3, -0.25) is 0 Å². The van der Waals surface area contributed by atoms with Crippen LogP contribution in [0.5, 0.6) is 11.5 Å². The van der Waals surface area contributed by atoms with Gasteiger partial charge in [-0.15, -0.1) is 0 Å². The molecular formula is C12H6Br2OS. The largest absolute Gasteiger partial charge is 0.454 e. The van der Waals surface area contributed by atoms with E-state index < -0.39 is 0 Å². The van der Waals surface area contributed by atoms with Crippen LogP contribution >= 0.6 is 43.6 Å². The first-order valence-corrected chi connectivity index (χ1v) is 7.08. The summed E-state index contributed by atoms with van der Waals surface area (Å²) in [6.07, 6.45) is 0. The lowest BCUT2D eigenvalue weighted by atomic mass is 10.3. The summed E-state index contributed by atoms with van der Waals surface area (Å²) in [5.41, 5.74) is 0. The minimum Gasteiger partial charge on any atom is -0.454 e. The Balaban J connectivity index is 2.13. The van der Waals surface area contributed by atoms with E-state index in [0.717, 1.165) is 30.2 Å². The maximum atomic E-state index is 5.89. The molecule has 0 N–H and O–H groups in total. The highest BCUT2D eigenvalue weighted by Gasteiger charge is 2.19. The Morgan fingerprint density at radius 1 is 1.00 bits per heavy atom. The van der Waals surface area contributed by atoms with Crippen LogP contribution in [-0.4, -0.2) is 0 Å². The van der Waals surface area contributed by atoms with Gasteiger partial charge in [-0.1, -0.05) is 33.8 Å². The van der Waals surface area contributed by atoms with Crippen molar-refractivity contribution in [3.63, 3.8) is 0 Å². The molecular weight excluding hydrogens is 352 g/mol. The summed E-state index contributed by atoms with van der Waals surface area (Å²) in [6, 6.07) is 12.2. The zero-order valence-electron chi connectivity index (χ0n) is 8.04. The van der Waals surface area contributed by atoms with Crippen molar-refractivity contribution in [3.8, 4) is 11.5 Å². The van der Waals surface area contributed by atoms with E-state index in [1.807, 2.05) is 24.3 Å². The summed E-state index contributed by atoms with van der Waals surface area (Å²) in [5, 5.41) is 0. The van der Waals surface area contributed by atoms with Crippen molar-refractivity contribution in [1.82, 2.24) is 0 Å². The molecule has 0 amide bonds. The lowest BCUT2D eigenvalue weighted by Crippen LogP contribution is -1.95. The van der Waals surface area contributed by atoms with E-state index >= 15 is 0 Å². The Morgan fingerprint density at radius 2 is 1.88 bits per heavy atom. The molecule has 4 heteroatoms. The first kappa shape index (κ1) is 10.7. The van der Waals surface area contributed by atoms with Gasteiger partial charge in [0.05, 0.1) is 14.3 Å². The van der Waals surface area contributed by atoms with Crippen molar-refractivity contribution in [1.29, 1.82) is 0 Å². The molecule has 0 aliphatic carbocycles. The van der Waals surface area contributed by atoms with Gasteiger partial charge in [-0.25, -0.2) is 0 Å². The monoisotopic (exact) mass is 356 g/mol. The highest BCUT2D eigenvalue weighted by molar-refractivity contribution is 9.10. The molecule has 0 saturated carbocycles. The normalized spacial score (nSPS) is 12.6. The first-order chi connectivity index (χ1) is 7.74. The van der Waals surface area contributed by atoms with E-state index in [1.165, 1.54) is 0 Å². The van der Waals surface area contributed by atoms with Gasteiger partial charge in [-0.05, 0) is 46.3 Å². The van der Waals surface area contributed by atoms with E-state index in [1.54, 1.807) is 11.8 Å². The van der Waals surface area contributed by atoms with Gasteiger partial charge in [0, 0.05) is 4.47 Å². The molecule has 0 radical (unpaired) electrons. The molecule has 3 rings (SSSR count). The van der Waals surface area contributed by atoms with Crippen molar-refractivity contribution in [2.75, 3.05) is 0 Å². The van der Waals surface area contributed by atoms with Gasteiger partial charge in [0.2, 0.25) is 0 Å². The molecule has 0 fully saturated rings. The summed E-state index contributed by atoms with van der Waals surface area (Å²) in [5.74, 6) is 1.80. The lowest BCUT2D eigenvalue weighted by molar-refractivity contribution is 0.451. The molecule has 1 aliphatic rings. The van der Waals surface area contributed by atoms with Crippen LogP contribution in [0.3, 0.4) is 0 Å². The smallest absolute Gasteiger partial charge is 0.155 e. The molecule has 1 heterocycles. The minimum absolute atomic E-state index is 0.901. The summed E-state index contributed by atoms with van der Waals surface area (Å²) in [6.45, 7) is 0. The zero-order chi connectivity index (χ0) is 11.1. The van der Waals surface area contributed by atoms with Crippen LogP contribution in [0.4, 0.5) is 0 Å². The fourth-order valence-electron chi connectivity index (χ4n) is 1.54. The third-order valence-corrected chi connectivity index (χ3v) is 4.48. The van der Waals surface area contributed by atoms with E-state index in [0.29, 0.717) is 0 Å². The van der Waals surface area contributed by atoms with Crippen LogP contribution in [-0.2, 0) is 0 Å². The van der Waals surface area contributed by atoms with E-state index in [-0.39, 0.29) is 0 Å². The van der Waals surface area contributed by atoms with E-state index in [9.17, 15) is 0 Å². The first-order valence-electron chi connectivity index (χ1n) is 4.68. The van der Waals surface area contributed by atoms with Crippen LogP contribution < -0.4 is 4.74 Å². The number of hydrogen-bond donors (Lipinski definition) is 0. The molecule has 0 bridgehead atoms. The van der Waals surface area contributed by atoms with Crippen LogP contribution in [0.15, 0.2) is 55.1 Å². The van der Waals surface area contributed by atoms with Crippen molar-refractivity contribution in [2.45, 2.75) is 9.79 Å². The van der Waals surface area contributed by atoms with Gasteiger partial charge in [0.25, 0.3) is 0 Å². The fourth-order valence-corrected chi connectivity index (χ4v) is 3.43. The molecule has 1 aliphatic heterocycles. The third kappa shape index (κ3) is 1.79. The molecule has 2 aromatic rings. The fraction of sp³-hybridized carbons (Fsp3) is 0. The molecule has 1 nitrogen and oxygen atoms in total. The maximum absolute atomic E-state index is 5.89. The van der Waals surface area contributed by atoms with Crippen LogP contribution in [0.2, 0.25) is 0 Å².